The van der Waals surface area contributed by atoms with Crippen LogP contribution in [0.25, 0.3) is 0 Å². The Kier molecular flexibility index (Phi) is 11.8. The lowest BCUT2D eigenvalue weighted by Crippen LogP contribution is -2.59. The van der Waals surface area contributed by atoms with Crippen LogP contribution in [-0.4, -0.2) is 78.0 Å². The molecule has 2 rings (SSSR count). The third-order valence-electron chi connectivity index (χ3n) is 6.77. The number of carbonyl (C=O) groups excluding carboxylic acids is 6. The Balaban J connectivity index is 1.98. The molecule has 220 valence electrons. The SMILES string of the molecule is CC(NC(=O)C(NC(=O)c1ccccc1)C(C)(C)C)C(=O)NC(C(=O)C(=O)NCC(=O)N1CCCCC1)C(C)C. The van der Waals surface area contributed by atoms with Gasteiger partial charge in [0.2, 0.25) is 23.5 Å². The van der Waals surface area contributed by atoms with E-state index in [0.29, 0.717) is 18.7 Å². The summed E-state index contributed by atoms with van der Waals surface area (Å²) in [6.07, 6.45) is 2.87. The Morgan fingerprint density at radius 1 is 0.825 bits per heavy atom. The molecule has 1 aliphatic heterocycles. The van der Waals surface area contributed by atoms with Gasteiger partial charge in [-0.3, -0.25) is 28.8 Å². The molecule has 1 fully saturated rings. The van der Waals surface area contributed by atoms with Gasteiger partial charge in [-0.25, -0.2) is 0 Å². The fourth-order valence-corrected chi connectivity index (χ4v) is 4.29. The molecule has 11 nitrogen and oxygen atoms in total. The lowest BCUT2D eigenvalue weighted by molar-refractivity contribution is -0.142. The van der Waals surface area contributed by atoms with Gasteiger partial charge in [0.05, 0.1) is 12.6 Å². The number of hydrogen-bond acceptors (Lipinski definition) is 6. The quantitative estimate of drug-likeness (QED) is 0.300. The number of nitrogens with one attached hydrogen (secondary N) is 4. The van der Waals surface area contributed by atoms with E-state index in [1.54, 1.807) is 69.9 Å². The van der Waals surface area contributed by atoms with E-state index < -0.39 is 58.9 Å². The van der Waals surface area contributed by atoms with Gasteiger partial charge in [0.1, 0.15) is 12.1 Å². The molecule has 1 heterocycles. The highest BCUT2D eigenvalue weighted by Gasteiger charge is 2.36. The van der Waals surface area contributed by atoms with Crippen molar-refractivity contribution in [2.45, 2.75) is 78.9 Å². The molecular weight excluding hydrogens is 514 g/mol. The lowest BCUT2D eigenvalue weighted by atomic mass is 9.85. The summed E-state index contributed by atoms with van der Waals surface area (Å²) in [5, 5.41) is 10.3. The van der Waals surface area contributed by atoms with Crippen LogP contribution in [-0.2, 0) is 24.0 Å². The number of likely N-dealkylation sites (tertiary alicyclic amines) is 1. The van der Waals surface area contributed by atoms with E-state index in [9.17, 15) is 28.8 Å². The summed E-state index contributed by atoms with van der Waals surface area (Å²) >= 11 is 0. The van der Waals surface area contributed by atoms with E-state index in [-0.39, 0.29) is 12.5 Å². The maximum absolute atomic E-state index is 13.1. The maximum atomic E-state index is 13.1. The van der Waals surface area contributed by atoms with Gasteiger partial charge in [-0.1, -0.05) is 52.8 Å². The van der Waals surface area contributed by atoms with Crippen LogP contribution in [0.4, 0.5) is 0 Å². The first-order valence-corrected chi connectivity index (χ1v) is 13.8. The smallest absolute Gasteiger partial charge is 0.290 e. The largest absolute Gasteiger partial charge is 0.344 e. The van der Waals surface area contributed by atoms with E-state index in [0.717, 1.165) is 19.3 Å². The highest BCUT2D eigenvalue weighted by molar-refractivity contribution is 6.38. The van der Waals surface area contributed by atoms with Gasteiger partial charge in [0, 0.05) is 18.7 Å². The van der Waals surface area contributed by atoms with E-state index in [1.807, 2.05) is 0 Å². The minimum Gasteiger partial charge on any atom is -0.344 e. The summed E-state index contributed by atoms with van der Waals surface area (Å²) in [6, 6.07) is 5.29. The average Bonchev–Trinajstić information content (AvgIpc) is 2.92. The van der Waals surface area contributed by atoms with Gasteiger partial charge >= 0.3 is 0 Å². The molecule has 1 aliphatic rings. The van der Waals surface area contributed by atoms with Crippen molar-refractivity contribution in [2.24, 2.45) is 11.3 Å². The normalized spacial score (nSPS) is 15.8. The van der Waals surface area contributed by atoms with Crippen LogP contribution in [0.5, 0.6) is 0 Å². The fourth-order valence-electron chi connectivity index (χ4n) is 4.29. The Morgan fingerprint density at radius 3 is 1.98 bits per heavy atom. The van der Waals surface area contributed by atoms with Crippen molar-refractivity contribution in [3.63, 3.8) is 0 Å². The molecule has 0 aliphatic carbocycles. The molecule has 0 saturated carbocycles. The Hall–Kier alpha value is -3.76. The Morgan fingerprint density at radius 2 is 1.43 bits per heavy atom. The molecule has 1 aromatic rings. The summed E-state index contributed by atoms with van der Waals surface area (Å²) < 4.78 is 0. The minimum absolute atomic E-state index is 0.255. The molecule has 40 heavy (non-hydrogen) atoms. The van der Waals surface area contributed by atoms with Crippen LogP contribution in [0, 0.1) is 11.3 Å². The number of carbonyl (C=O) groups is 6. The van der Waals surface area contributed by atoms with E-state index >= 15 is 0 Å². The first-order chi connectivity index (χ1) is 18.7. The van der Waals surface area contributed by atoms with Crippen LogP contribution in [0.15, 0.2) is 30.3 Å². The molecule has 0 aromatic heterocycles. The predicted octanol–water partition coefficient (Wildman–Crippen LogP) is 1.17. The fraction of sp³-hybridized carbons (Fsp3) is 0.586. The molecular formula is C29H43N5O6. The maximum Gasteiger partial charge on any atom is 0.290 e. The molecule has 4 N–H and O–H groups in total. The molecule has 3 unspecified atom stereocenters. The zero-order chi connectivity index (χ0) is 30.0. The van der Waals surface area contributed by atoms with Crippen LogP contribution in [0.1, 0.15) is 71.2 Å². The molecule has 3 atom stereocenters. The van der Waals surface area contributed by atoms with Crippen molar-refractivity contribution in [3.05, 3.63) is 35.9 Å². The zero-order valence-corrected chi connectivity index (χ0v) is 24.3. The first kappa shape index (κ1) is 32.5. The number of hydrogen-bond donors (Lipinski definition) is 4. The standard InChI is InChI=1S/C29H43N5O6/c1-18(2)22(23(36)27(39)30-17-21(35)34-15-11-8-12-16-34)32-25(37)19(3)31-28(40)24(29(4,5)6)33-26(38)20-13-9-7-10-14-20/h7,9-10,13-14,18-19,22,24H,8,11-12,15-17H2,1-6H3,(H,30,39)(H,31,40)(H,32,37)(H,33,38). The molecule has 1 saturated heterocycles. The number of benzene rings is 1. The molecule has 0 spiro atoms. The monoisotopic (exact) mass is 557 g/mol. The second-order valence-electron chi connectivity index (χ2n) is 11.6. The van der Waals surface area contributed by atoms with Crippen LogP contribution in [0.2, 0.25) is 0 Å². The van der Waals surface area contributed by atoms with Gasteiger partial charge in [-0.2, -0.15) is 0 Å². The summed E-state index contributed by atoms with van der Waals surface area (Å²) in [7, 11) is 0. The number of Topliss-reactive ketones (excluding diaryl/α,β-unsaturated/α-hetero) is 1. The summed E-state index contributed by atoms with van der Waals surface area (Å²) in [5.74, 6) is -4.19. The number of nitrogens with zero attached hydrogens (tertiary/aromatic N) is 1. The van der Waals surface area contributed by atoms with E-state index in [2.05, 4.69) is 21.3 Å². The highest BCUT2D eigenvalue weighted by atomic mass is 16.2. The lowest BCUT2D eigenvalue weighted by Gasteiger charge is -2.31. The van der Waals surface area contributed by atoms with Gasteiger partial charge in [-0.05, 0) is 49.7 Å². The van der Waals surface area contributed by atoms with Crippen molar-refractivity contribution in [1.82, 2.24) is 26.2 Å². The Bertz CT molecular complexity index is 1080. The second kappa shape index (κ2) is 14.6. The predicted molar refractivity (Wildman–Crippen MR) is 150 cm³/mol. The number of rotatable bonds is 11. The zero-order valence-electron chi connectivity index (χ0n) is 24.3. The average molecular weight is 558 g/mol. The molecule has 1 aromatic carbocycles. The topological polar surface area (TPSA) is 154 Å². The molecule has 5 amide bonds. The van der Waals surface area contributed by atoms with Gasteiger partial charge in [0.15, 0.2) is 0 Å². The molecule has 0 radical (unpaired) electrons. The summed E-state index contributed by atoms with van der Waals surface area (Å²) in [6.45, 7) is 11.1. The van der Waals surface area contributed by atoms with Crippen molar-refractivity contribution >= 4 is 35.3 Å². The number of amides is 5. The second-order valence-corrected chi connectivity index (χ2v) is 11.6. The van der Waals surface area contributed by atoms with Crippen LogP contribution >= 0.6 is 0 Å². The van der Waals surface area contributed by atoms with Crippen molar-refractivity contribution in [2.75, 3.05) is 19.6 Å². The molecule has 11 heteroatoms. The number of piperidine rings is 1. The van der Waals surface area contributed by atoms with Crippen LogP contribution < -0.4 is 21.3 Å². The van der Waals surface area contributed by atoms with Crippen LogP contribution in [0.3, 0.4) is 0 Å². The van der Waals surface area contributed by atoms with Gasteiger partial charge in [0.25, 0.3) is 11.8 Å². The third kappa shape index (κ3) is 9.46. The van der Waals surface area contributed by atoms with E-state index in [4.69, 9.17) is 0 Å². The Labute approximate surface area is 236 Å². The van der Waals surface area contributed by atoms with Crippen molar-refractivity contribution in [1.29, 1.82) is 0 Å². The van der Waals surface area contributed by atoms with Crippen molar-refractivity contribution < 1.29 is 28.8 Å². The van der Waals surface area contributed by atoms with Crippen molar-refractivity contribution in [3.8, 4) is 0 Å². The highest BCUT2D eigenvalue weighted by Crippen LogP contribution is 2.20. The molecule has 0 bridgehead atoms. The summed E-state index contributed by atoms with van der Waals surface area (Å²) in [5.41, 5.74) is -0.283. The third-order valence-corrected chi connectivity index (χ3v) is 6.77. The summed E-state index contributed by atoms with van der Waals surface area (Å²) in [4.78, 5) is 78.2. The minimum atomic E-state index is -1.16. The van der Waals surface area contributed by atoms with Gasteiger partial charge < -0.3 is 26.2 Å². The van der Waals surface area contributed by atoms with E-state index in [1.165, 1.54) is 6.92 Å². The number of ketones is 1. The van der Waals surface area contributed by atoms with Gasteiger partial charge in [-0.15, -0.1) is 0 Å². The first-order valence-electron chi connectivity index (χ1n) is 13.8.